The Hall–Kier alpha value is -0.380. The Morgan fingerprint density at radius 2 is 2.12 bits per heavy atom. The first-order valence-corrected chi connectivity index (χ1v) is 6.53. The van der Waals surface area contributed by atoms with Crippen molar-refractivity contribution in [2.24, 2.45) is 5.73 Å². The van der Waals surface area contributed by atoms with Crippen LogP contribution in [0.5, 0.6) is 0 Å². The zero-order valence-corrected chi connectivity index (χ0v) is 11.2. The summed E-state index contributed by atoms with van der Waals surface area (Å²) in [5.74, 6) is 0. The summed E-state index contributed by atoms with van der Waals surface area (Å²) in [5.41, 5.74) is 7.39. The van der Waals surface area contributed by atoms with E-state index in [9.17, 15) is 0 Å². The molecule has 1 aromatic carbocycles. The summed E-state index contributed by atoms with van der Waals surface area (Å²) in [5, 5.41) is 0. The topological polar surface area (TPSA) is 35.2 Å². The zero-order chi connectivity index (χ0) is 11.6. The van der Waals surface area contributed by atoms with E-state index in [1.807, 2.05) is 0 Å². The molecule has 1 heterocycles. The van der Waals surface area contributed by atoms with Gasteiger partial charge in [-0.2, -0.15) is 0 Å². The van der Waals surface area contributed by atoms with E-state index in [2.05, 4.69) is 47.1 Å². The van der Waals surface area contributed by atoms with E-state index >= 15 is 0 Å². The van der Waals surface area contributed by atoms with Crippen molar-refractivity contribution < 1.29 is 4.74 Å². The average Bonchev–Trinajstić information content (AvgIpc) is 2.70. The number of hydrogen-bond donors (Lipinski definition) is 1. The summed E-state index contributed by atoms with van der Waals surface area (Å²) >= 11 is 3.43. The molecule has 0 radical (unpaired) electrons. The van der Waals surface area contributed by atoms with Gasteiger partial charge in [-0.3, -0.25) is 0 Å². The third-order valence-corrected chi connectivity index (χ3v) is 3.93. The van der Waals surface area contributed by atoms with E-state index in [1.54, 1.807) is 0 Å². The van der Waals surface area contributed by atoms with Crippen LogP contribution in [0.3, 0.4) is 0 Å². The average molecular weight is 284 g/mol. The van der Waals surface area contributed by atoms with Crippen molar-refractivity contribution in [2.45, 2.75) is 37.8 Å². The maximum atomic E-state index is 6.25. The highest BCUT2D eigenvalue weighted by Gasteiger charge is 2.35. The van der Waals surface area contributed by atoms with Crippen molar-refractivity contribution >= 4 is 15.9 Å². The molecule has 2 rings (SSSR count). The molecule has 1 aromatic rings. The highest BCUT2D eigenvalue weighted by atomic mass is 79.9. The van der Waals surface area contributed by atoms with Crippen LogP contribution in [-0.4, -0.2) is 18.2 Å². The Balaban J connectivity index is 2.01. The fourth-order valence-corrected chi connectivity index (χ4v) is 2.45. The minimum atomic E-state index is -0.132. The summed E-state index contributed by atoms with van der Waals surface area (Å²) in [6.45, 7) is 2.98. The molecule has 1 saturated heterocycles. The van der Waals surface area contributed by atoms with Gasteiger partial charge in [0.15, 0.2) is 0 Å². The number of benzene rings is 1. The zero-order valence-electron chi connectivity index (χ0n) is 9.58. The summed E-state index contributed by atoms with van der Waals surface area (Å²) in [7, 11) is 0. The van der Waals surface area contributed by atoms with Crippen LogP contribution >= 0.6 is 15.9 Å². The summed E-state index contributed by atoms with van der Waals surface area (Å²) < 4.78 is 6.87. The van der Waals surface area contributed by atoms with Gasteiger partial charge in [0.25, 0.3) is 0 Å². The van der Waals surface area contributed by atoms with Crippen molar-refractivity contribution in [1.82, 2.24) is 0 Å². The van der Waals surface area contributed by atoms with Gasteiger partial charge in [-0.1, -0.05) is 28.1 Å². The van der Waals surface area contributed by atoms with Crippen LogP contribution in [0.2, 0.25) is 0 Å². The lowest BCUT2D eigenvalue weighted by atomic mass is 9.89. The third-order valence-electron chi connectivity index (χ3n) is 3.40. The third kappa shape index (κ3) is 2.65. The van der Waals surface area contributed by atoms with Crippen LogP contribution in [0.15, 0.2) is 28.7 Å². The molecule has 0 saturated carbocycles. The van der Waals surface area contributed by atoms with Crippen LogP contribution in [0, 0.1) is 0 Å². The molecule has 0 aromatic heterocycles. The lowest BCUT2D eigenvalue weighted by molar-refractivity contribution is -0.000904. The molecule has 3 heteroatoms. The van der Waals surface area contributed by atoms with E-state index in [1.165, 1.54) is 5.56 Å². The van der Waals surface area contributed by atoms with Crippen LogP contribution in [0.25, 0.3) is 0 Å². The quantitative estimate of drug-likeness (QED) is 0.926. The largest absolute Gasteiger partial charge is 0.374 e. The van der Waals surface area contributed by atoms with Crippen LogP contribution in [0.4, 0.5) is 0 Å². The molecule has 0 amide bonds. The van der Waals surface area contributed by atoms with Gasteiger partial charge in [0.1, 0.15) is 0 Å². The van der Waals surface area contributed by atoms with E-state index in [0.717, 1.165) is 30.3 Å². The molecule has 1 aliphatic rings. The summed E-state index contributed by atoms with van der Waals surface area (Å²) in [6, 6.07) is 8.42. The number of halogens is 1. The maximum Gasteiger partial charge on any atom is 0.0808 e. The minimum Gasteiger partial charge on any atom is -0.374 e. The van der Waals surface area contributed by atoms with Crippen LogP contribution < -0.4 is 5.73 Å². The van der Waals surface area contributed by atoms with Gasteiger partial charge in [0.05, 0.1) is 5.60 Å². The molecule has 2 N–H and O–H groups in total. The number of nitrogens with two attached hydrogens (primary N) is 1. The Morgan fingerprint density at radius 3 is 2.69 bits per heavy atom. The number of ether oxygens (including phenoxy) is 1. The minimum absolute atomic E-state index is 0.0798. The smallest absolute Gasteiger partial charge is 0.0808 e. The highest BCUT2D eigenvalue weighted by molar-refractivity contribution is 9.10. The van der Waals surface area contributed by atoms with Gasteiger partial charge in [0.2, 0.25) is 0 Å². The second kappa shape index (κ2) is 4.86. The number of hydrogen-bond acceptors (Lipinski definition) is 2. The lowest BCUT2D eigenvalue weighted by Crippen LogP contribution is -2.46. The van der Waals surface area contributed by atoms with Gasteiger partial charge in [-0.05, 0) is 43.9 Å². The fraction of sp³-hybridized carbons (Fsp3) is 0.538. The van der Waals surface area contributed by atoms with Crippen LogP contribution in [-0.2, 0) is 11.2 Å². The first-order chi connectivity index (χ1) is 7.60. The van der Waals surface area contributed by atoms with Crippen molar-refractivity contribution in [3.63, 3.8) is 0 Å². The van der Waals surface area contributed by atoms with Crippen molar-refractivity contribution in [2.75, 3.05) is 6.61 Å². The Kier molecular flexibility index (Phi) is 3.67. The van der Waals surface area contributed by atoms with Crippen molar-refractivity contribution in [1.29, 1.82) is 0 Å². The van der Waals surface area contributed by atoms with E-state index in [-0.39, 0.29) is 11.6 Å². The second-order valence-electron chi connectivity index (χ2n) is 4.70. The molecule has 2 nitrogen and oxygen atoms in total. The Labute approximate surface area is 105 Å². The van der Waals surface area contributed by atoms with Gasteiger partial charge >= 0.3 is 0 Å². The molecule has 0 spiro atoms. The van der Waals surface area contributed by atoms with E-state index < -0.39 is 0 Å². The van der Waals surface area contributed by atoms with E-state index in [0.29, 0.717) is 0 Å². The van der Waals surface area contributed by atoms with E-state index in [4.69, 9.17) is 10.5 Å². The molecule has 2 unspecified atom stereocenters. The first-order valence-electron chi connectivity index (χ1n) is 5.74. The Morgan fingerprint density at radius 1 is 1.44 bits per heavy atom. The molecule has 1 aliphatic heterocycles. The van der Waals surface area contributed by atoms with Gasteiger partial charge < -0.3 is 10.5 Å². The molecule has 16 heavy (non-hydrogen) atoms. The summed E-state index contributed by atoms with van der Waals surface area (Å²) in [6.07, 6.45) is 3.08. The second-order valence-corrected chi connectivity index (χ2v) is 5.62. The molecule has 0 bridgehead atoms. The molecule has 0 aliphatic carbocycles. The van der Waals surface area contributed by atoms with Gasteiger partial charge in [-0.15, -0.1) is 0 Å². The normalized spacial score (nSPS) is 26.9. The Bertz CT molecular complexity index is 343. The van der Waals surface area contributed by atoms with Gasteiger partial charge in [-0.25, -0.2) is 0 Å². The molecular formula is C13H18BrNO. The molecule has 1 fully saturated rings. The predicted octanol–water partition coefficient (Wildman–Crippen LogP) is 2.89. The highest BCUT2D eigenvalue weighted by Crippen LogP contribution is 2.29. The maximum absolute atomic E-state index is 6.25. The van der Waals surface area contributed by atoms with Gasteiger partial charge in [0, 0.05) is 17.1 Å². The molecule has 2 atom stereocenters. The van der Waals surface area contributed by atoms with Crippen molar-refractivity contribution in [3.05, 3.63) is 34.3 Å². The monoisotopic (exact) mass is 283 g/mol. The lowest BCUT2D eigenvalue weighted by Gasteiger charge is -2.30. The number of rotatable bonds is 3. The van der Waals surface area contributed by atoms with Crippen LogP contribution in [0.1, 0.15) is 25.3 Å². The fourth-order valence-electron chi connectivity index (χ4n) is 2.18. The predicted molar refractivity (Wildman–Crippen MR) is 69.4 cm³/mol. The molecular weight excluding hydrogens is 266 g/mol. The molecule has 88 valence electrons. The van der Waals surface area contributed by atoms with Crippen molar-refractivity contribution in [3.8, 4) is 0 Å². The first kappa shape index (κ1) is 12.1. The summed E-state index contributed by atoms with van der Waals surface area (Å²) in [4.78, 5) is 0. The standard InChI is InChI=1S/C13H18BrNO/c1-13(7-2-8-16-13)12(15)9-10-3-5-11(14)6-4-10/h3-6,12H,2,7-9,15H2,1H3. The SMILES string of the molecule is CC1(C(N)Cc2ccc(Br)cc2)CCCO1.